The molecule has 0 amide bonds. The Hall–Kier alpha value is -2.60. The van der Waals surface area contributed by atoms with Gasteiger partial charge in [0.15, 0.2) is 0 Å². The van der Waals surface area contributed by atoms with Crippen LogP contribution < -0.4 is 9.47 Å². The summed E-state index contributed by atoms with van der Waals surface area (Å²) in [5.74, 6) is 1.53. The van der Waals surface area contributed by atoms with Crippen molar-refractivity contribution in [1.82, 2.24) is 15.2 Å². The van der Waals surface area contributed by atoms with E-state index in [4.69, 9.17) is 14.2 Å². The molecule has 0 fully saturated rings. The summed E-state index contributed by atoms with van der Waals surface area (Å²) in [4.78, 5) is 4.30. The Kier molecular flexibility index (Phi) is 4.28. The molecule has 0 spiro atoms. The van der Waals surface area contributed by atoms with Crippen LogP contribution in [0.5, 0.6) is 11.5 Å². The van der Waals surface area contributed by atoms with Gasteiger partial charge in [0.05, 0.1) is 31.0 Å². The van der Waals surface area contributed by atoms with Crippen LogP contribution in [0.15, 0.2) is 36.7 Å². The molecule has 130 valence electrons. The zero-order chi connectivity index (χ0) is 17.2. The monoisotopic (exact) mass is 339 g/mol. The fraction of sp³-hybridized carbons (Fsp3) is 0.368. The maximum absolute atomic E-state index is 6.03. The average molecular weight is 339 g/mol. The summed E-state index contributed by atoms with van der Waals surface area (Å²) in [7, 11) is 0. The van der Waals surface area contributed by atoms with Gasteiger partial charge in [0.2, 0.25) is 0 Å². The van der Waals surface area contributed by atoms with E-state index >= 15 is 0 Å². The van der Waals surface area contributed by atoms with Gasteiger partial charge in [-0.05, 0) is 38.1 Å². The minimum Gasteiger partial charge on any atom is -0.491 e. The van der Waals surface area contributed by atoms with Crippen molar-refractivity contribution in [3.63, 3.8) is 0 Å². The van der Waals surface area contributed by atoms with E-state index in [2.05, 4.69) is 22.1 Å². The van der Waals surface area contributed by atoms with E-state index in [0.717, 1.165) is 34.3 Å². The van der Waals surface area contributed by atoms with E-state index in [1.165, 1.54) is 0 Å². The molecule has 2 aromatic heterocycles. The van der Waals surface area contributed by atoms with Gasteiger partial charge in [-0.25, -0.2) is 0 Å². The number of benzene rings is 1. The highest BCUT2D eigenvalue weighted by Gasteiger charge is 2.14. The lowest BCUT2D eigenvalue weighted by Gasteiger charge is -2.17. The van der Waals surface area contributed by atoms with Crippen molar-refractivity contribution in [2.24, 2.45) is 0 Å². The highest BCUT2D eigenvalue weighted by atomic mass is 16.5. The summed E-state index contributed by atoms with van der Waals surface area (Å²) >= 11 is 0. The largest absolute Gasteiger partial charge is 0.491 e. The molecule has 25 heavy (non-hydrogen) atoms. The SMILES string of the molecule is C[C@@H]1CCOC[C@@H](C)Oc2cncc(c2)-c2n[nH]c3ccc(cc23)O1. The van der Waals surface area contributed by atoms with Crippen LogP contribution in [0, 0.1) is 0 Å². The summed E-state index contributed by atoms with van der Waals surface area (Å²) in [6, 6.07) is 7.91. The predicted molar refractivity (Wildman–Crippen MR) is 94.9 cm³/mol. The Balaban J connectivity index is 1.79. The summed E-state index contributed by atoms with van der Waals surface area (Å²) < 4.78 is 17.7. The van der Waals surface area contributed by atoms with E-state index in [0.29, 0.717) is 19.0 Å². The van der Waals surface area contributed by atoms with Crippen LogP contribution in [0.2, 0.25) is 0 Å². The molecule has 0 unspecified atom stereocenters. The molecule has 4 bridgehead atoms. The number of aromatic amines is 1. The Labute approximate surface area is 146 Å². The third-order valence-corrected chi connectivity index (χ3v) is 4.22. The molecule has 3 aromatic rings. The average Bonchev–Trinajstić information content (AvgIpc) is 3.01. The summed E-state index contributed by atoms with van der Waals surface area (Å²) in [5.41, 5.74) is 2.70. The van der Waals surface area contributed by atoms with E-state index in [1.807, 2.05) is 31.2 Å². The van der Waals surface area contributed by atoms with Gasteiger partial charge in [0.25, 0.3) is 0 Å². The summed E-state index contributed by atoms with van der Waals surface area (Å²) in [6.07, 6.45) is 4.33. The third-order valence-electron chi connectivity index (χ3n) is 4.22. The zero-order valence-electron chi connectivity index (χ0n) is 14.4. The first-order chi connectivity index (χ1) is 12.2. The van der Waals surface area contributed by atoms with Crippen molar-refractivity contribution < 1.29 is 14.2 Å². The standard InChI is InChI=1S/C19H21N3O3/c1-12-5-6-23-11-13(2)25-16-7-14(9-20-10-16)19-17-8-15(24-12)3-4-18(17)21-22-19/h3-4,7-10,12-13H,5-6,11H2,1-2H3,(H,21,22)/t12-,13-/m1/s1. The summed E-state index contributed by atoms with van der Waals surface area (Å²) in [5, 5.41) is 8.53. The van der Waals surface area contributed by atoms with Crippen LogP contribution in [0.3, 0.4) is 0 Å². The van der Waals surface area contributed by atoms with E-state index in [-0.39, 0.29) is 12.2 Å². The van der Waals surface area contributed by atoms with Crippen molar-refractivity contribution in [3.05, 3.63) is 36.7 Å². The lowest BCUT2D eigenvalue weighted by atomic mass is 10.1. The number of rotatable bonds is 0. The minimum absolute atomic E-state index is 0.0568. The number of hydrogen-bond donors (Lipinski definition) is 1. The van der Waals surface area contributed by atoms with E-state index < -0.39 is 0 Å². The second kappa shape index (κ2) is 6.72. The Morgan fingerprint density at radius 3 is 2.84 bits per heavy atom. The van der Waals surface area contributed by atoms with Gasteiger partial charge in [0.1, 0.15) is 23.3 Å². The highest BCUT2D eigenvalue weighted by molar-refractivity contribution is 5.93. The molecular weight excluding hydrogens is 318 g/mol. The number of ether oxygens (including phenoxy) is 3. The normalized spacial score (nSPS) is 21.2. The van der Waals surface area contributed by atoms with Crippen LogP contribution in [-0.2, 0) is 4.74 Å². The molecule has 0 saturated heterocycles. The quantitative estimate of drug-likeness (QED) is 0.678. The smallest absolute Gasteiger partial charge is 0.138 e. The predicted octanol–water partition coefficient (Wildman–Crippen LogP) is 3.58. The van der Waals surface area contributed by atoms with Crippen molar-refractivity contribution in [2.45, 2.75) is 32.5 Å². The zero-order valence-corrected chi connectivity index (χ0v) is 14.4. The molecule has 6 heteroatoms. The van der Waals surface area contributed by atoms with Gasteiger partial charge in [-0.1, -0.05) is 0 Å². The van der Waals surface area contributed by atoms with Crippen LogP contribution in [-0.4, -0.2) is 40.6 Å². The number of pyridine rings is 1. The van der Waals surface area contributed by atoms with Gasteiger partial charge >= 0.3 is 0 Å². The van der Waals surface area contributed by atoms with Gasteiger partial charge in [-0.2, -0.15) is 5.10 Å². The first-order valence-electron chi connectivity index (χ1n) is 8.53. The molecule has 4 rings (SSSR count). The van der Waals surface area contributed by atoms with Gasteiger partial charge in [0, 0.05) is 23.6 Å². The number of H-pyrrole nitrogens is 1. The molecule has 2 atom stereocenters. The topological polar surface area (TPSA) is 69.3 Å². The first kappa shape index (κ1) is 15.9. The molecule has 1 aliphatic rings. The van der Waals surface area contributed by atoms with Crippen LogP contribution in [0.1, 0.15) is 20.3 Å². The second-order valence-electron chi connectivity index (χ2n) is 6.41. The number of nitrogens with one attached hydrogen (secondary N) is 1. The number of nitrogens with zero attached hydrogens (tertiary/aromatic N) is 2. The van der Waals surface area contributed by atoms with Gasteiger partial charge in [-0.15, -0.1) is 0 Å². The Morgan fingerprint density at radius 1 is 1.04 bits per heavy atom. The first-order valence-corrected chi connectivity index (χ1v) is 8.53. The van der Waals surface area contributed by atoms with Crippen molar-refractivity contribution in [3.8, 4) is 22.8 Å². The van der Waals surface area contributed by atoms with Crippen LogP contribution in [0.4, 0.5) is 0 Å². The number of fused-ring (bicyclic) bond motifs is 4. The molecule has 1 N–H and O–H groups in total. The van der Waals surface area contributed by atoms with Gasteiger partial charge in [-0.3, -0.25) is 10.1 Å². The molecular formula is C19H21N3O3. The molecule has 0 saturated carbocycles. The summed E-state index contributed by atoms with van der Waals surface area (Å²) in [6.45, 7) is 5.19. The molecule has 1 aromatic carbocycles. The molecule has 6 nitrogen and oxygen atoms in total. The number of hydrogen-bond acceptors (Lipinski definition) is 5. The maximum atomic E-state index is 6.03. The Morgan fingerprint density at radius 2 is 1.92 bits per heavy atom. The fourth-order valence-electron chi connectivity index (χ4n) is 2.96. The van der Waals surface area contributed by atoms with Crippen molar-refractivity contribution in [1.29, 1.82) is 0 Å². The molecule has 0 radical (unpaired) electrons. The van der Waals surface area contributed by atoms with Crippen molar-refractivity contribution in [2.75, 3.05) is 13.2 Å². The van der Waals surface area contributed by atoms with Crippen LogP contribution in [0.25, 0.3) is 22.2 Å². The van der Waals surface area contributed by atoms with Gasteiger partial charge < -0.3 is 14.2 Å². The van der Waals surface area contributed by atoms with Crippen molar-refractivity contribution >= 4 is 10.9 Å². The second-order valence-corrected chi connectivity index (χ2v) is 6.41. The lowest BCUT2D eigenvalue weighted by Crippen LogP contribution is -2.21. The highest BCUT2D eigenvalue weighted by Crippen LogP contribution is 2.31. The fourth-order valence-corrected chi connectivity index (χ4v) is 2.96. The van der Waals surface area contributed by atoms with E-state index in [9.17, 15) is 0 Å². The van der Waals surface area contributed by atoms with E-state index in [1.54, 1.807) is 12.4 Å². The Bertz CT molecular complexity index is 877. The third kappa shape index (κ3) is 3.44. The lowest BCUT2D eigenvalue weighted by molar-refractivity contribution is 0.0440. The molecule has 3 heterocycles. The maximum Gasteiger partial charge on any atom is 0.138 e. The minimum atomic E-state index is -0.0568. The molecule has 0 aliphatic carbocycles. The van der Waals surface area contributed by atoms with Crippen LogP contribution >= 0.6 is 0 Å². The molecule has 1 aliphatic heterocycles. The number of aromatic nitrogens is 3.